The van der Waals surface area contributed by atoms with Gasteiger partial charge in [-0.05, 0) is 5.41 Å². The molecule has 0 bridgehead atoms. The van der Waals surface area contributed by atoms with Gasteiger partial charge in [0.25, 0.3) is 0 Å². The molecule has 8 heteroatoms. The number of alkyl carbamates (subject to hydrolysis) is 1. The van der Waals surface area contributed by atoms with Crippen LogP contribution in [0.1, 0.15) is 20.8 Å². The number of halogens is 3. The molecular formula is C9H14F3NO4. The van der Waals surface area contributed by atoms with Gasteiger partial charge in [-0.2, -0.15) is 13.2 Å². The number of carbonyl (C=O) groups excluding carboxylic acids is 1. The van der Waals surface area contributed by atoms with Crippen LogP contribution in [0.2, 0.25) is 0 Å². The van der Waals surface area contributed by atoms with Crippen LogP contribution in [-0.2, 0) is 9.53 Å². The molecule has 0 aromatic heterocycles. The Morgan fingerprint density at radius 2 is 1.76 bits per heavy atom. The van der Waals surface area contributed by atoms with Crippen LogP contribution in [0.3, 0.4) is 0 Å². The second-order valence-corrected chi connectivity index (χ2v) is 4.47. The van der Waals surface area contributed by atoms with E-state index < -0.39 is 36.3 Å². The van der Waals surface area contributed by atoms with Crippen LogP contribution in [0.25, 0.3) is 0 Å². The average Bonchev–Trinajstić information content (AvgIpc) is 2.07. The van der Waals surface area contributed by atoms with Crippen molar-refractivity contribution in [3.8, 4) is 0 Å². The Balaban J connectivity index is 4.39. The number of alkyl halides is 3. The summed E-state index contributed by atoms with van der Waals surface area (Å²) in [5.41, 5.74) is -0.844. The molecule has 100 valence electrons. The van der Waals surface area contributed by atoms with Gasteiger partial charge in [-0.25, -0.2) is 9.59 Å². The lowest BCUT2D eigenvalue weighted by molar-refractivity contribution is -0.160. The van der Waals surface area contributed by atoms with Crippen molar-refractivity contribution in [2.75, 3.05) is 6.61 Å². The Hall–Kier alpha value is -1.47. The molecule has 0 aromatic carbocycles. The molecule has 0 saturated carbocycles. The maximum atomic E-state index is 11.7. The zero-order valence-corrected chi connectivity index (χ0v) is 9.59. The number of ether oxygens (including phenoxy) is 1. The lowest BCUT2D eigenvalue weighted by atomic mass is 9.87. The third kappa shape index (κ3) is 6.64. The van der Waals surface area contributed by atoms with Gasteiger partial charge < -0.3 is 15.2 Å². The minimum absolute atomic E-state index is 0.844. The van der Waals surface area contributed by atoms with E-state index in [-0.39, 0.29) is 0 Å². The number of aliphatic carboxylic acids is 1. The number of hydrogen-bond donors (Lipinski definition) is 2. The first-order chi connectivity index (χ1) is 7.43. The minimum Gasteiger partial charge on any atom is -0.480 e. The van der Waals surface area contributed by atoms with E-state index in [9.17, 15) is 22.8 Å². The number of carboxylic acid groups (broad SMARTS) is 1. The van der Waals surface area contributed by atoms with Crippen molar-refractivity contribution in [1.82, 2.24) is 5.32 Å². The molecule has 1 unspecified atom stereocenters. The normalized spacial score (nSPS) is 14.0. The third-order valence-corrected chi connectivity index (χ3v) is 1.74. The number of rotatable bonds is 3. The van der Waals surface area contributed by atoms with E-state index in [1.165, 1.54) is 20.8 Å². The number of amides is 1. The van der Waals surface area contributed by atoms with Gasteiger partial charge in [0.1, 0.15) is 6.04 Å². The summed E-state index contributed by atoms with van der Waals surface area (Å²) in [6.45, 7) is 2.82. The maximum absolute atomic E-state index is 11.7. The summed E-state index contributed by atoms with van der Waals surface area (Å²) >= 11 is 0. The fourth-order valence-corrected chi connectivity index (χ4v) is 0.956. The first-order valence-electron chi connectivity index (χ1n) is 4.66. The maximum Gasteiger partial charge on any atom is 0.422 e. The molecular weight excluding hydrogens is 243 g/mol. The van der Waals surface area contributed by atoms with E-state index in [1.54, 1.807) is 0 Å². The van der Waals surface area contributed by atoms with Crippen LogP contribution >= 0.6 is 0 Å². The highest BCUT2D eigenvalue weighted by molar-refractivity contribution is 5.80. The Bertz CT molecular complexity index is 296. The van der Waals surface area contributed by atoms with Gasteiger partial charge >= 0.3 is 18.2 Å². The molecule has 0 saturated heterocycles. The highest BCUT2D eigenvalue weighted by Crippen LogP contribution is 2.20. The monoisotopic (exact) mass is 257 g/mol. The van der Waals surface area contributed by atoms with Crippen molar-refractivity contribution >= 4 is 12.1 Å². The van der Waals surface area contributed by atoms with E-state index in [0.29, 0.717) is 0 Å². The summed E-state index contributed by atoms with van der Waals surface area (Å²) < 4.78 is 39.0. The van der Waals surface area contributed by atoms with Gasteiger partial charge in [-0.15, -0.1) is 0 Å². The van der Waals surface area contributed by atoms with E-state index >= 15 is 0 Å². The first kappa shape index (κ1) is 15.5. The van der Waals surface area contributed by atoms with Crippen LogP contribution in [0.15, 0.2) is 0 Å². The van der Waals surface area contributed by atoms with Crippen LogP contribution in [0, 0.1) is 5.41 Å². The minimum atomic E-state index is -4.64. The highest BCUT2D eigenvalue weighted by atomic mass is 19.4. The van der Waals surface area contributed by atoms with Crippen molar-refractivity contribution in [3.05, 3.63) is 0 Å². The van der Waals surface area contributed by atoms with Gasteiger partial charge in [0.15, 0.2) is 6.61 Å². The highest BCUT2D eigenvalue weighted by Gasteiger charge is 2.35. The quantitative estimate of drug-likeness (QED) is 0.808. The van der Waals surface area contributed by atoms with Crippen molar-refractivity contribution < 1.29 is 32.6 Å². The van der Waals surface area contributed by atoms with Crippen molar-refractivity contribution in [3.63, 3.8) is 0 Å². The molecule has 2 N–H and O–H groups in total. The fraction of sp³-hybridized carbons (Fsp3) is 0.778. The second-order valence-electron chi connectivity index (χ2n) is 4.47. The number of nitrogens with one attached hydrogen (secondary N) is 1. The van der Waals surface area contributed by atoms with Gasteiger partial charge in [0, 0.05) is 0 Å². The summed E-state index contributed by atoms with van der Waals surface area (Å²) in [5.74, 6) is -1.35. The zero-order valence-electron chi connectivity index (χ0n) is 9.59. The topological polar surface area (TPSA) is 75.6 Å². The van der Waals surface area contributed by atoms with Crippen molar-refractivity contribution in [1.29, 1.82) is 0 Å². The molecule has 0 aromatic rings. The van der Waals surface area contributed by atoms with Crippen molar-refractivity contribution in [2.24, 2.45) is 5.41 Å². The van der Waals surface area contributed by atoms with Crippen LogP contribution in [0.5, 0.6) is 0 Å². The molecule has 1 atom stereocenters. The summed E-state index contributed by atoms with van der Waals surface area (Å²) in [6, 6.07) is -1.33. The van der Waals surface area contributed by atoms with Crippen molar-refractivity contribution in [2.45, 2.75) is 33.0 Å². The Labute approximate surface area is 95.9 Å². The first-order valence-corrected chi connectivity index (χ1v) is 4.66. The van der Waals surface area contributed by atoms with Gasteiger partial charge in [0.05, 0.1) is 0 Å². The van der Waals surface area contributed by atoms with E-state index in [4.69, 9.17) is 5.11 Å². The molecule has 0 heterocycles. The summed E-state index contributed by atoms with van der Waals surface area (Å²) in [7, 11) is 0. The number of carboxylic acids is 1. The lowest BCUT2D eigenvalue weighted by Crippen LogP contribution is -2.49. The van der Waals surface area contributed by atoms with Gasteiger partial charge in [-0.1, -0.05) is 20.8 Å². The summed E-state index contributed by atoms with van der Waals surface area (Å²) in [5, 5.41) is 10.7. The Kier molecular flexibility index (Phi) is 4.79. The van der Waals surface area contributed by atoms with E-state index in [2.05, 4.69) is 4.74 Å². The molecule has 5 nitrogen and oxygen atoms in total. The number of carbonyl (C=O) groups is 2. The predicted octanol–water partition coefficient (Wildman–Crippen LogP) is 1.77. The molecule has 0 aliphatic carbocycles. The standard InChI is InChI=1S/C9H14F3NO4/c1-8(2,3)5(6(14)15)13-7(16)17-4-9(10,11)12/h5H,4H2,1-3H3,(H,13,16)(H,14,15). The molecule has 1 amide bonds. The molecule has 17 heavy (non-hydrogen) atoms. The SMILES string of the molecule is CC(C)(C)C(NC(=O)OCC(F)(F)F)C(=O)O. The van der Waals surface area contributed by atoms with E-state index in [0.717, 1.165) is 0 Å². The van der Waals surface area contributed by atoms with Crippen LogP contribution in [-0.4, -0.2) is 36.0 Å². The third-order valence-electron chi connectivity index (χ3n) is 1.74. The molecule has 0 fully saturated rings. The molecule has 0 aliphatic rings. The summed E-state index contributed by atoms with van der Waals surface area (Å²) in [6.07, 6.45) is -6.05. The predicted molar refractivity (Wildman–Crippen MR) is 51.4 cm³/mol. The molecule has 0 spiro atoms. The molecule has 0 rings (SSSR count). The van der Waals surface area contributed by atoms with Gasteiger partial charge in [0.2, 0.25) is 0 Å². The van der Waals surface area contributed by atoms with E-state index in [1.807, 2.05) is 5.32 Å². The average molecular weight is 257 g/mol. The van der Waals surface area contributed by atoms with Gasteiger partial charge in [-0.3, -0.25) is 0 Å². The number of hydrogen-bond acceptors (Lipinski definition) is 3. The Morgan fingerprint density at radius 1 is 1.29 bits per heavy atom. The smallest absolute Gasteiger partial charge is 0.422 e. The molecule has 0 radical (unpaired) electrons. The fourth-order valence-electron chi connectivity index (χ4n) is 0.956. The van der Waals surface area contributed by atoms with Crippen LogP contribution < -0.4 is 5.32 Å². The zero-order chi connectivity index (χ0) is 13.9. The largest absolute Gasteiger partial charge is 0.480 e. The lowest BCUT2D eigenvalue weighted by Gasteiger charge is -2.27. The molecule has 0 aliphatic heterocycles. The Morgan fingerprint density at radius 3 is 2.06 bits per heavy atom. The summed E-state index contributed by atoms with van der Waals surface area (Å²) in [4.78, 5) is 21.7. The van der Waals surface area contributed by atoms with Crippen LogP contribution in [0.4, 0.5) is 18.0 Å². The second kappa shape index (κ2) is 5.24.